The summed E-state index contributed by atoms with van der Waals surface area (Å²) in [6.07, 6.45) is 0.844. The molecule has 0 aromatic heterocycles. The van der Waals surface area contributed by atoms with Crippen LogP contribution in [0.25, 0.3) is 0 Å². The van der Waals surface area contributed by atoms with Crippen molar-refractivity contribution in [2.24, 2.45) is 0 Å². The molecule has 0 radical (unpaired) electrons. The second kappa shape index (κ2) is 6.36. The van der Waals surface area contributed by atoms with Crippen LogP contribution in [0.4, 0.5) is 0 Å². The molecule has 0 spiro atoms. The van der Waals surface area contributed by atoms with E-state index in [0.717, 1.165) is 13.0 Å². The van der Waals surface area contributed by atoms with Gasteiger partial charge in [-0.1, -0.05) is 0 Å². The summed E-state index contributed by atoms with van der Waals surface area (Å²) in [5.74, 6) is 0.694. The first-order valence-electron chi connectivity index (χ1n) is 6.58. The highest BCUT2D eigenvalue weighted by molar-refractivity contribution is 7.89. The molecule has 106 valence electrons. The molecule has 0 aliphatic carbocycles. The summed E-state index contributed by atoms with van der Waals surface area (Å²) >= 11 is 0. The summed E-state index contributed by atoms with van der Waals surface area (Å²) in [6.45, 7) is 5.14. The maximum absolute atomic E-state index is 12.5. The van der Waals surface area contributed by atoms with E-state index in [1.165, 1.54) is 0 Å². The molecule has 0 atom stereocenters. The van der Waals surface area contributed by atoms with E-state index in [2.05, 4.69) is 5.32 Å². The zero-order valence-electron chi connectivity index (χ0n) is 11.1. The van der Waals surface area contributed by atoms with Gasteiger partial charge >= 0.3 is 0 Å². The second-order valence-electron chi connectivity index (χ2n) is 4.41. The minimum atomic E-state index is -3.38. The number of nitrogens with zero attached hydrogens (tertiary/aromatic N) is 1. The van der Waals surface area contributed by atoms with Gasteiger partial charge in [0.15, 0.2) is 0 Å². The predicted octanol–water partition coefficient (Wildman–Crippen LogP) is 1.07. The van der Waals surface area contributed by atoms with Crippen molar-refractivity contribution in [3.8, 4) is 5.75 Å². The highest BCUT2D eigenvalue weighted by atomic mass is 32.2. The van der Waals surface area contributed by atoms with Crippen LogP contribution < -0.4 is 10.1 Å². The molecule has 6 heteroatoms. The van der Waals surface area contributed by atoms with Crippen LogP contribution in [0.2, 0.25) is 0 Å². The highest BCUT2D eigenvalue weighted by Gasteiger charge is 2.24. The van der Waals surface area contributed by atoms with E-state index >= 15 is 0 Å². The molecule has 2 rings (SSSR count). The Morgan fingerprint density at radius 2 is 1.95 bits per heavy atom. The van der Waals surface area contributed by atoms with Crippen LogP contribution in [0.3, 0.4) is 0 Å². The largest absolute Gasteiger partial charge is 0.494 e. The number of sulfonamides is 1. The molecular weight excluding hydrogens is 264 g/mol. The van der Waals surface area contributed by atoms with Crippen molar-refractivity contribution in [1.82, 2.24) is 9.62 Å². The molecule has 1 saturated heterocycles. The summed E-state index contributed by atoms with van der Waals surface area (Å²) in [7, 11) is -3.38. The van der Waals surface area contributed by atoms with Gasteiger partial charge in [-0.05, 0) is 44.2 Å². The summed E-state index contributed by atoms with van der Waals surface area (Å²) in [6, 6.07) is 6.62. The van der Waals surface area contributed by atoms with E-state index in [0.29, 0.717) is 36.9 Å². The van der Waals surface area contributed by atoms with Crippen LogP contribution in [-0.4, -0.2) is 45.5 Å². The van der Waals surface area contributed by atoms with Crippen LogP contribution in [0.5, 0.6) is 5.75 Å². The van der Waals surface area contributed by atoms with Gasteiger partial charge in [-0.3, -0.25) is 0 Å². The number of nitrogens with one attached hydrogen (secondary N) is 1. The third-order valence-corrected chi connectivity index (χ3v) is 4.98. The van der Waals surface area contributed by atoms with Crippen molar-refractivity contribution in [3.63, 3.8) is 0 Å². The van der Waals surface area contributed by atoms with Gasteiger partial charge in [-0.15, -0.1) is 0 Å². The molecule has 1 N–H and O–H groups in total. The molecule has 1 aromatic rings. The topological polar surface area (TPSA) is 58.6 Å². The van der Waals surface area contributed by atoms with Gasteiger partial charge in [0.05, 0.1) is 11.5 Å². The Morgan fingerprint density at radius 1 is 1.21 bits per heavy atom. The van der Waals surface area contributed by atoms with E-state index in [1.807, 2.05) is 6.92 Å². The predicted molar refractivity (Wildman–Crippen MR) is 73.9 cm³/mol. The average molecular weight is 284 g/mol. The minimum absolute atomic E-state index is 0.331. The normalized spacial score (nSPS) is 17.9. The first-order chi connectivity index (χ1) is 9.14. The summed E-state index contributed by atoms with van der Waals surface area (Å²) in [5.41, 5.74) is 0. The zero-order valence-corrected chi connectivity index (χ0v) is 11.9. The first-order valence-corrected chi connectivity index (χ1v) is 8.02. The fourth-order valence-corrected chi connectivity index (χ4v) is 3.56. The molecule has 1 fully saturated rings. The van der Waals surface area contributed by atoms with Crippen LogP contribution in [0.1, 0.15) is 13.3 Å². The number of hydrogen-bond acceptors (Lipinski definition) is 4. The van der Waals surface area contributed by atoms with E-state index in [1.54, 1.807) is 28.6 Å². The maximum Gasteiger partial charge on any atom is 0.243 e. The van der Waals surface area contributed by atoms with Gasteiger partial charge in [-0.2, -0.15) is 4.31 Å². The van der Waals surface area contributed by atoms with Crippen LogP contribution in [0.15, 0.2) is 29.2 Å². The van der Waals surface area contributed by atoms with Crippen LogP contribution >= 0.6 is 0 Å². The van der Waals surface area contributed by atoms with Gasteiger partial charge in [0.1, 0.15) is 5.75 Å². The van der Waals surface area contributed by atoms with Gasteiger partial charge in [0, 0.05) is 19.6 Å². The molecule has 0 unspecified atom stereocenters. The smallest absolute Gasteiger partial charge is 0.243 e. The minimum Gasteiger partial charge on any atom is -0.494 e. The first kappa shape index (κ1) is 14.3. The lowest BCUT2D eigenvalue weighted by Crippen LogP contribution is -2.34. The van der Waals surface area contributed by atoms with Gasteiger partial charge in [-0.25, -0.2) is 8.42 Å². The van der Waals surface area contributed by atoms with Crippen molar-refractivity contribution in [3.05, 3.63) is 24.3 Å². The van der Waals surface area contributed by atoms with Gasteiger partial charge in [0.25, 0.3) is 0 Å². The Balaban J connectivity index is 2.18. The maximum atomic E-state index is 12.5. The molecule has 1 aliphatic heterocycles. The summed E-state index contributed by atoms with van der Waals surface area (Å²) in [5, 5.41) is 3.20. The van der Waals surface area contributed by atoms with E-state index < -0.39 is 10.0 Å². The molecule has 0 amide bonds. The summed E-state index contributed by atoms with van der Waals surface area (Å²) < 4.78 is 31.8. The molecule has 5 nitrogen and oxygen atoms in total. The van der Waals surface area contributed by atoms with Crippen molar-refractivity contribution in [2.45, 2.75) is 18.2 Å². The molecule has 19 heavy (non-hydrogen) atoms. The standard InChI is InChI=1S/C13H20N2O3S/c1-2-18-12-4-6-13(7-5-12)19(16,17)15-10-3-8-14-9-11-15/h4-7,14H,2-3,8-11H2,1H3. The highest BCUT2D eigenvalue weighted by Crippen LogP contribution is 2.20. The molecular formula is C13H20N2O3S. The Morgan fingerprint density at radius 3 is 2.63 bits per heavy atom. The lowest BCUT2D eigenvalue weighted by atomic mass is 10.3. The van der Waals surface area contributed by atoms with Gasteiger partial charge in [0.2, 0.25) is 10.0 Å². The van der Waals surface area contributed by atoms with Crippen molar-refractivity contribution < 1.29 is 13.2 Å². The Kier molecular flexibility index (Phi) is 4.79. The molecule has 1 aliphatic rings. The van der Waals surface area contributed by atoms with E-state index in [9.17, 15) is 8.42 Å². The molecule has 1 heterocycles. The fourth-order valence-electron chi connectivity index (χ4n) is 2.08. The quantitative estimate of drug-likeness (QED) is 0.898. The molecule has 1 aromatic carbocycles. The third-order valence-electron chi connectivity index (χ3n) is 3.07. The Bertz CT molecular complexity index is 491. The third kappa shape index (κ3) is 3.46. The Hall–Kier alpha value is -1.11. The van der Waals surface area contributed by atoms with Crippen molar-refractivity contribution in [2.75, 3.05) is 32.8 Å². The second-order valence-corrected chi connectivity index (χ2v) is 6.35. The lowest BCUT2D eigenvalue weighted by Gasteiger charge is -2.19. The van der Waals surface area contributed by atoms with E-state index in [-0.39, 0.29) is 0 Å². The number of hydrogen-bond donors (Lipinski definition) is 1. The monoisotopic (exact) mass is 284 g/mol. The van der Waals surface area contributed by atoms with E-state index in [4.69, 9.17) is 4.74 Å². The SMILES string of the molecule is CCOc1ccc(S(=O)(=O)N2CCCNCC2)cc1. The Labute approximate surface area is 114 Å². The van der Waals surface area contributed by atoms with Crippen molar-refractivity contribution >= 4 is 10.0 Å². The number of rotatable bonds is 4. The molecule has 0 bridgehead atoms. The van der Waals surface area contributed by atoms with Crippen LogP contribution in [0, 0.1) is 0 Å². The zero-order chi connectivity index (χ0) is 13.7. The number of ether oxygens (including phenoxy) is 1. The average Bonchev–Trinajstić information content (AvgIpc) is 2.69. The van der Waals surface area contributed by atoms with Crippen LogP contribution in [-0.2, 0) is 10.0 Å². The summed E-state index contributed by atoms with van der Waals surface area (Å²) in [4.78, 5) is 0.331. The lowest BCUT2D eigenvalue weighted by molar-refractivity contribution is 0.340. The van der Waals surface area contributed by atoms with Crippen molar-refractivity contribution in [1.29, 1.82) is 0 Å². The van der Waals surface area contributed by atoms with Gasteiger partial charge < -0.3 is 10.1 Å². The number of benzene rings is 1. The fraction of sp³-hybridized carbons (Fsp3) is 0.538. The molecule has 0 saturated carbocycles.